The van der Waals surface area contributed by atoms with Crippen LogP contribution in [0.3, 0.4) is 0 Å². The fourth-order valence-corrected chi connectivity index (χ4v) is 2.57. The number of hydrogen-bond donors (Lipinski definition) is 1. The molecule has 0 amide bonds. The third kappa shape index (κ3) is 3.75. The molecule has 102 valence electrons. The molecule has 1 aromatic heterocycles. The molecular formula is C14H19N3OS. The summed E-state index contributed by atoms with van der Waals surface area (Å²) in [4.78, 5) is 0. The second-order valence-corrected chi connectivity index (χ2v) is 5.17. The molecule has 0 saturated heterocycles. The maximum atomic E-state index is 5.62. The van der Waals surface area contributed by atoms with Crippen molar-refractivity contribution < 1.29 is 4.74 Å². The van der Waals surface area contributed by atoms with Crippen LogP contribution in [0.2, 0.25) is 0 Å². The van der Waals surface area contributed by atoms with E-state index in [2.05, 4.69) is 22.4 Å². The Morgan fingerprint density at radius 1 is 1.21 bits per heavy atom. The van der Waals surface area contributed by atoms with Crippen LogP contribution < -0.4 is 10.1 Å². The van der Waals surface area contributed by atoms with E-state index in [9.17, 15) is 0 Å². The second-order valence-electron chi connectivity index (χ2n) is 4.11. The largest absolute Gasteiger partial charge is 0.493 e. The summed E-state index contributed by atoms with van der Waals surface area (Å²) in [7, 11) is 0. The zero-order valence-corrected chi connectivity index (χ0v) is 12.2. The third-order valence-corrected chi connectivity index (χ3v) is 3.54. The minimum absolute atomic E-state index is 0.654. The predicted molar refractivity (Wildman–Crippen MR) is 78.5 cm³/mol. The van der Waals surface area contributed by atoms with E-state index in [0.717, 1.165) is 40.8 Å². The van der Waals surface area contributed by atoms with Gasteiger partial charge >= 0.3 is 0 Å². The van der Waals surface area contributed by atoms with E-state index >= 15 is 0 Å². The molecule has 1 N–H and O–H groups in total. The van der Waals surface area contributed by atoms with Crippen molar-refractivity contribution in [1.29, 1.82) is 0 Å². The maximum absolute atomic E-state index is 5.62. The van der Waals surface area contributed by atoms with E-state index in [4.69, 9.17) is 4.74 Å². The number of nitrogens with one attached hydrogen (secondary N) is 1. The molecule has 5 heteroatoms. The van der Waals surface area contributed by atoms with Gasteiger partial charge in [-0.2, -0.15) is 0 Å². The Morgan fingerprint density at radius 2 is 2.05 bits per heavy atom. The highest BCUT2D eigenvalue weighted by atomic mass is 32.1. The van der Waals surface area contributed by atoms with Crippen LogP contribution in [0.25, 0.3) is 10.6 Å². The maximum Gasteiger partial charge on any atom is 0.151 e. The molecule has 1 aromatic carbocycles. The summed E-state index contributed by atoms with van der Waals surface area (Å²) >= 11 is 1.61. The Bertz CT molecular complexity index is 513. The van der Waals surface area contributed by atoms with Crippen molar-refractivity contribution in [2.24, 2.45) is 0 Å². The minimum atomic E-state index is 0.654. The lowest BCUT2D eigenvalue weighted by Crippen LogP contribution is -2.13. The Morgan fingerprint density at radius 3 is 2.84 bits per heavy atom. The zero-order valence-electron chi connectivity index (χ0n) is 11.3. The molecule has 0 bridgehead atoms. The van der Waals surface area contributed by atoms with Crippen molar-refractivity contribution in [1.82, 2.24) is 15.5 Å². The number of nitrogens with zero attached hydrogens (tertiary/aromatic N) is 2. The molecule has 19 heavy (non-hydrogen) atoms. The Kier molecular flexibility index (Phi) is 5.30. The van der Waals surface area contributed by atoms with Crippen LogP contribution in [0.4, 0.5) is 0 Å². The van der Waals surface area contributed by atoms with Gasteiger partial charge in [0.1, 0.15) is 10.8 Å². The van der Waals surface area contributed by atoms with E-state index in [1.807, 2.05) is 31.2 Å². The van der Waals surface area contributed by atoms with Gasteiger partial charge in [-0.05, 0) is 32.0 Å². The monoisotopic (exact) mass is 277 g/mol. The van der Waals surface area contributed by atoms with Crippen LogP contribution in [0.5, 0.6) is 5.75 Å². The smallest absolute Gasteiger partial charge is 0.151 e. The number of para-hydroxylation sites is 1. The Balaban J connectivity index is 2.13. The minimum Gasteiger partial charge on any atom is -0.493 e. The highest BCUT2D eigenvalue weighted by Gasteiger charge is 2.11. The van der Waals surface area contributed by atoms with E-state index < -0.39 is 0 Å². The van der Waals surface area contributed by atoms with Gasteiger partial charge in [-0.3, -0.25) is 0 Å². The van der Waals surface area contributed by atoms with Gasteiger partial charge in [0.2, 0.25) is 0 Å². The zero-order chi connectivity index (χ0) is 13.5. The topological polar surface area (TPSA) is 47.0 Å². The molecule has 0 aliphatic rings. The van der Waals surface area contributed by atoms with Crippen LogP contribution in [0.15, 0.2) is 24.3 Å². The summed E-state index contributed by atoms with van der Waals surface area (Å²) in [5.74, 6) is 0.870. The van der Waals surface area contributed by atoms with Gasteiger partial charge in [0, 0.05) is 6.54 Å². The molecule has 0 aliphatic heterocycles. The molecule has 0 aliphatic carbocycles. The van der Waals surface area contributed by atoms with Gasteiger partial charge in [0.15, 0.2) is 5.01 Å². The fraction of sp³-hybridized carbons (Fsp3) is 0.429. The summed E-state index contributed by atoms with van der Waals surface area (Å²) in [5, 5.41) is 13.7. The second kappa shape index (κ2) is 7.21. The molecule has 0 spiro atoms. The number of rotatable bonds is 7. The first kappa shape index (κ1) is 14.0. The van der Waals surface area contributed by atoms with Crippen molar-refractivity contribution in [3.05, 3.63) is 29.3 Å². The van der Waals surface area contributed by atoms with Crippen LogP contribution >= 0.6 is 11.3 Å². The van der Waals surface area contributed by atoms with Gasteiger partial charge in [0.25, 0.3) is 0 Å². The normalized spacial score (nSPS) is 10.6. The molecule has 2 aromatic rings. The first-order chi connectivity index (χ1) is 9.35. The lowest BCUT2D eigenvalue weighted by Gasteiger charge is -2.06. The van der Waals surface area contributed by atoms with Gasteiger partial charge in [0.05, 0.1) is 12.2 Å². The predicted octanol–water partition coefficient (Wildman–Crippen LogP) is 3.10. The molecule has 0 unspecified atom stereocenters. The lowest BCUT2D eigenvalue weighted by molar-refractivity contribution is 0.341. The SMILES string of the molecule is CCCNCc1nnc(-c2ccccc2OCC)s1. The van der Waals surface area contributed by atoms with Crippen LogP contribution in [-0.2, 0) is 6.54 Å². The Hall–Kier alpha value is -1.46. The molecule has 0 radical (unpaired) electrons. The quantitative estimate of drug-likeness (QED) is 0.790. The van der Waals surface area contributed by atoms with E-state index in [1.54, 1.807) is 11.3 Å². The summed E-state index contributed by atoms with van der Waals surface area (Å²) < 4.78 is 5.62. The van der Waals surface area contributed by atoms with Crippen LogP contribution in [0, 0.1) is 0 Å². The van der Waals surface area contributed by atoms with E-state index in [-0.39, 0.29) is 0 Å². The number of ether oxygens (including phenoxy) is 1. The molecule has 0 saturated carbocycles. The van der Waals surface area contributed by atoms with Gasteiger partial charge in [-0.15, -0.1) is 10.2 Å². The van der Waals surface area contributed by atoms with Crippen LogP contribution in [-0.4, -0.2) is 23.3 Å². The third-order valence-electron chi connectivity index (χ3n) is 2.59. The molecule has 0 atom stereocenters. The molecule has 2 rings (SSSR count). The first-order valence-electron chi connectivity index (χ1n) is 6.60. The van der Waals surface area contributed by atoms with E-state index in [0.29, 0.717) is 6.61 Å². The van der Waals surface area contributed by atoms with E-state index in [1.165, 1.54) is 0 Å². The van der Waals surface area contributed by atoms with Crippen molar-refractivity contribution >= 4 is 11.3 Å². The highest BCUT2D eigenvalue weighted by Crippen LogP contribution is 2.31. The van der Waals surface area contributed by atoms with Crippen molar-refractivity contribution in [2.45, 2.75) is 26.8 Å². The van der Waals surface area contributed by atoms with Crippen molar-refractivity contribution in [2.75, 3.05) is 13.2 Å². The lowest BCUT2D eigenvalue weighted by atomic mass is 10.2. The summed E-state index contributed by atoms with van der Waals surface area (Å²) in [6, 6.07) is 7.96. The molecule has 0 fully saturated rings. The highest BCUT2D eigenvalue weighted by molar-refractivity contribution is 7.14. The van der Waals surface area contributed by atoms with Gasteiger partial charge in [-0.25, -0.2) is 0 Å². The average Bonchev–Trinajstić information content (AvgIpc) is 2.89. The van der Waals surface area contributed by atoms with Gasteiger partial charge in [-0.1, -0.05) is 30.4 Å². The standard InChI is InChI=1S/C14H19N3OS/c1-3-9-15-10-13-16-17-14(19-13)11-7-5-6-8-12(11)18-4-2/h5-8,15H,3-4,9-10H2,1-2H3. The number of aromatic nitrogens is 2. The Labute approximate surface area is 117 Å². The van der Waals surface area contributed by atoms with Gasteiger partial charge < -0.3 is 10.1 Å². The number of benzene rings is 1. The fourth-order valence-electron chi connectivity index (χ4n) is 1.73. The average molecular weight is 277 g/mol. The van der Waals surface area contributed by atoms with Crippen LogP contribution in [0.1, 0.15) is 25.3 Å². The summed E-state index contributed by atoms with van der Waals surface area (Å²) in [6.45, 7) is 6.57. The van der Waals surface area contributed by atoms with Crippen molar-refractivity contribution in [3.63, 3.8) is 0 Å². The van der Waals surface area contributed by atoms with Crippen molar-refractivity contribution in [3.8, 4) is 16.3 Å². The summed E-state index contributed by atoms with van der Waals surface area (Å²) in [5.41, 5.74) is 1.02. The molecule has 1 heterocycles. The first-order valence-corrected chi connectivity index (χ1v) is 7.42. The summed E-state index contributed by atoms with van der Waals surface area (Å²) in [6.07, 6.45) is 1.12. The molecule has 4 nitrogen and oxygen atoms in total. The number of hydrogen-bond acceptors (Lipinski definition) is 5. The molecular weight excluding hydrogens is 258 g/mol.